The Morgan fingerprint density at radius 3 is 2.29 bits per heavy atom. The first-order valence-corrected chi connectivity index (χ1v) is 6.98. The van der Waals surface area contributed by atoms with Crippen LogP contribution in [0.15, 0.2) is 24.3 Å². The maximum absolute atomic E-state index is 12.0. The van der Waals surface area contributed by atoms with Crippen molar-refractivity contribution in [1.82, 2.24) is 5.32 Å². The summed E-state index contributed by atoms with van der Waals surface area (Å²) in [7, 11) is 0. The summed E-state index contributed by atoms with van der Waals surface area (Å²) in [6, 6.07) is 5.69. The van der Waals surface area contributed by atoms with Crippen molar-refractivity contribution in [2.75, 3.05) is 6.54 Å². The average Bonchev–Trinajstić information content (AvgIpc) is 2.46. The van der Waals surface area contributed by atoms with E-state index in [0.717, 1.165) is 12.8 Å². The predicted molar refractivity (Wildman–Crippen MR) is 75.1 cm³/mol. The molecule has 0 bridgehead atoms. The highest BCUT2D eigenvalue weighted by Crippen LogP contribution is 2.19. The number of halogens is 2. The number of nitrogens with one attached hydrogen (secondary N) is 1. The summed E-state index contributed by atoms with van der Waals surface area (Å²) >= 11 is 0. The third kappa shape index (κ3) is 5.67. The normalized spacial score (nSPS) is 12.5. The number of alkyl halides is 2. The van der Waals surface area contributed by atoms with Crippen molar-refractivity contribution in [3.8, 4) is 5.75 Å². The van der Waals surface area contributed by atoms with Crippen molar-refractivity contribution in [3.05, 3.63) is 29.8 Å². The molecule has 0 heterocycles. The molecule has 0 aliphatic carbocycles. The van der Waals surface area contributed by atoms with Gasteiger partial charge >= 0.3 is 6.61 Å². The molecule has 0 saturated carbocycles. The zero-order valence-corrected chi connectivity index (χ0v) is 12.2. The molecule has 0 aliphatic heterocycles. The zero-order valence-electron chi connectivity index (χ0n) is 12.2. The number of carbonyl (C=O) groups is 1. The first kappa shape index (κ1) is 17.4. The Labute approximate surface area is 123 Å². The van der Waals surface area contributed by atoms with Gasteiger partial charge in [-0.25, -0.2) is 0 Å². The standard InChI is InChI=1S/C15H21F2NO3/c1-3-10(4-2)14(20)18-9-13(19)11-5-7-12(8-6-11)21-15(16)17/h5-8,10,13,15,19H,3-4,9H2,1-2H3,(H,18,20). The van der Waals surface area contributed by atoms with E-state index in [4.69, 9.17) is 0 Å². The molecule has 1 aromatic rings. The van der Waals surface area contributed by atoms with Gasteiger partial charge in [0.1, 0.15) is 5.75 Å². The molecule has 1 amide bonds. The summed E-state index contributed by atoms with van der Waals surface area (Å²) < 4.78 is 28.2. The smallest absolute Gasteiger partial charge is 0.387 e. The largest absolute Gasteiger partial charge is 0.435 e. The third-order valence-corrected chi connectivity index (χ3v) is 3.32. The molecule has 0 fully saturated rings. The molecule has 118 valence electrons. The van der Waals surface area contributed by atoms with E-state index < -0.39 is 12.7 Å². The van der Waals surface area contributed by atoms with Gasteiger partial charge in [0.2, 0.25) is 5.91 Å². The maximum atomic E-state index is 12.0. The molecule has 2 N–H and O–H groups in total. The number of amides is 1. The van der Waals surface area contributed by atoms with E-state index in [1.807, 2.05) is 13.8 Å². The van der Waals surface area contributed by atoms with Crippen LogP contribution in [0.5, 0.6) is 5.75 Å². The molecule has 0 aliphatic rings. The fourth-order valence-electron chi connectivity index (χ4n) is 1.99. The molecule has 0 aromatic heterocycles. The molecule has 0 radical (unpaired) electrons. The number of hydrogen-bond acceptors (Lipinski definition) is 3. The second kappa shape index (κ2) is 8.56. The van der Waals surface area contributed by atoms with Crippen molar-refractivity contribution in [3.63, 3.8) is 0 Å². The zero-order chi connectivity index (χ0) is 15.8. The van der Waals surface area contributed by atoms with Gasteiger partial charge in [0.05, 0.1) is 6.10 Å². The molecule has 1 unspecified atom stereocenters. The van der Waals surface area contributed by atoms with Crippen molar-refractivity contribution in [2.45, 2.75) is 39.4 Å². The summed E-state index contributed by atoms with van der Waals surface area (Å²) in [5, 5.41) is 12.7. The molecule has 0 saturated heterocycles. The van der Waals surface area contributed by atoms with E-state index in [-0.39, 0.29) is 24.1 Å². The van der Waals surface area contributed by atoms with Crippen molar-refractivity contribution in [2.24, 2.45) is 5.92 Å². The van der Waals surface area contributed by atoms with Gasteiger partial charge in [-0.05, 0) is 30.5 Å². The molecule has 6 heteroatoms. The first-order chi connectivity index (χ1) is 9.97. The lowest BCUT2D eigenvalue weighted by atomic mass is 10.0. The fraction of sp³-hybridized carbons (Fsp3) is 0.533. The maximum Gasteiger partial charge on any atom is 0.387 e. The predicted octanol–water partition coefficient (Wildman–Crippen LogP) is 2.87. The summed E-state index contributed by atoms with van der Waals surface area (Å²) in [6.45, 7) is 1.09. The third-order valence-electron chi connectivity index (χ3n) is 3.32. The van der Waals surface area contributed by atoms with Crippen molar-refractivity contribution < 1.29 is 23.4 Å². The van der Waals surface area contributed by atoms with Gasteiger partial charge in [0.15, 0.2) is 0 Å². The second-order valence-corrected chi connectivity index (χ2v) is 4.72. The molecule has 21 heavy (non-hydrogen) atoms. The van der Waals surface area contributed by atoms with E-state index in [9.17, 15) is 18.7 Å². The number of benzene rings is 1. The van der Waals surface area contributed by atoms with Crippen LogP contribution in [0.3, 0.4) is 0 Å². The van der Waals surface area contributed by atoms with E-state index >= 15 is 0 Å². The van der Waals surface area contributed by atoms with Crippen LogP contribution in [0.2, 0.25) is 0 Å². The summed E-state index contributed by atoms with van der Waals surface area (Å²) in [5.41, 5.74) is 0.529. The summed E-state index contributed by atoms with van der Waals surface area (Å²) in [4.78, 5) is 11.8. The highest BCUT2D eigenvalue weighted by molar-refractivity contribution is 5.78. The Morgan fingerprint density at radius 2 is 1.81 bits per heavy atom. The Bertz CT molecular complexity index is 433. The molecular weight excluding hydrogens is 280 g/mol. The van der Waals surface area contributed by atoms with Crippen molar-refractivity contribution >= 4 is 5.91 Å². The SMILES string of the molecule is CCC(CC)C(=O)NCC(O)c1ccc(OC(F)F)cc1. The Morgan fingerprint density at radius 1 is 1.24 bits per heavy atom. The first-order valence-electron chi connectivity index (χ1n) is 6.98. The monoisotopic (exact) mass is 301 g/mol. The number of carbonyl (C=O) groups excluding carboxylic acids is 1. The van der Waals surface area contributed by atoms with Crippen LogP contribution < -0.4 is 10.1 Å². The van der Waals surface area contributed by atoms with E-state index in [2.05, 4.69) is 10.1 Å². The van der Waals surface area contributed by atoms with Gasteiger partial charge in [0.25, 0.3) is 0 Å². The highest BCUT2D eigenvalue weighted by Gasteiger charge is 2.16. The highest BCUT2D eigenvalue weighted by atomic mass is 19.3. The van der Waals surface area contributed by atoms with Gasteiger partial charge < -0.3 is 15.2 Å². The van der Waals surface area contributed by atoms with Gasteiger partial charge in [-0.1, -0.05) is 26.0 Å². The van der Waals surface area contributed by atoms with Crippen LogP contribution >= 0.6 is 0 Å². The minimum Gasteiger partial charge on any atom is -0.435 e. The lowest BCUT2D eigenvalue weighted by Crippen LogP contribution is -2.33. The molecule has 1 aromatic carbocycles. The Hall–Kier alpha value is -1.69. The Kier molecular flexibility index (Phi) is 7.08. The van der Waals surface area contributed by atoms with Gasteiger partial charge in [0, 0.05) is 12.5 Å². The molecular formula is C15H21F2NO3. The number of rotatable bonds is 8. The van der Waals surface area contributed by atoms with Crippen LogP contribution in [-0.2, 0) is 4.79 Å². The number of hydrogen-bond donors (Lipinski definition) is 2. The molecule has 1 rings (SSSR count). The second-order valence-electron chi connectivity index (χ2n) is 4.72. The van der Waals surface area contributed by atoms with Gasteiger partial charge in [-0.15, -0.1) is 0 Å². The van der Waals surface area contributed by atoms with Crippen LogP contribution in [-0.4, -0.2) is 24.2 Å². The van der Waals surface area contributed by atoms with E-state index in [1.165, 1.54) is 24.3 Å². The van der Waals surface area contributed by atoms with Gasteiger partial charge in [-0.2, -0.15) is 8.78 Å². The fourth-order valence-corrected chi connectivity index (χ4v) is 1.99. The van der Waals surface area contributed by atoms with Crippen LogP contribution in [0.25, 0.3) is 0 Å². The topological polar surface area (TPSA) is 58.6 Å². The average molecular weight is 301 g/mol. The van der Waals surface area contributed by atoms with Crippen LogP contribution in [0, 0.1) is 5.92 Å². The number of aliphatic hydroxyl groups is 1. The number of ether oxygens (including phenoxy) is 1. The Balaban J connectivity index is 2.52. The van der Waals surface area contributed by atoms with Crippen molar-refractivity contribution in [1.29, 1.82) is 0 Å². The van der Waals surface area contributed by atoms with Crippen LogP contribution in [0.1, 0.15) is 38.4 Å². The lowest BCUT2D eigenvalue weighted by Gasteiger charge is -2.16. The summed E-state index contributed by atoms with van der Waals surface area (Å²) in [5.74, 6) is -0.113. The van der Waals surface area contributed by atoms with E-state index in [0.29, 0.717) is 5.56 Å². The minimum absolute atomic E-state index is 0.0296. The van der Waals surface area contributed by atoms with E-state index in [1.54, 1.807) is 0 Å². The summed E-state index contributed by atoms with van der Waals surface area (Å²) in [6.07, 6.45) is 0.611. The quantitative estimate of drug-likeness (QED) is 0.776. The van der Waals surface area contributed by atoms with Gasteiger partial charge in [-0.3, -0.25) is 4.79 Å². The van der Waals surface area contributed by atoms with Crippen LogP contribution in [0.4, 0.5) is 8.78 Å². The minimum atomic E-state index is -2.87. The molecule has 1 atom stereocenters. The molecule has 0 spiro atoms. The molecule has 4 nitrogen and oxygen atoms in total. The number of aliphatic hydroxyl groups excluding tert-OH is 1. The lowest BCUT2D eigenvalue weighted by molar-refractivity contribution is -0.125.